The third-order valence-corrected chi connectivity index (χ3v) is 5.10. The lowest BCUT2D eigenvalue weighted by Gasteiger charge is -2.36. The molecule has 2 aliphatic carbocycles. The quantitative estimate of drug-likeness (QED) is 0.574. The van der Waals surface area contributed by atoms with E-state index in [-0.39, 0.29) is 0 Å². The van der Waals surface area contributed by atoms with Gasteiger partial charge in [0, 0.05) is 0 Å². The van der Waals surface area contributed by atoms with Gasteiger partial charge in [-0.2, -0.15) is 0 Å². The van der Waals surface area contributed by atoms with Crippen LogP contribution in [0.4, 0.5) is 0 Å². The number of hydrogen-bond donors (Lipinski definition) is 0. The van der Waals surface area contributed by atoms with Gasteiger partial charge in [-0.1, -0.05) is 18.2 Å². The van der Waals surface area contributed by atoms with Gasteiger partial charge in [0.1, 0.15) is 0 Å². The van der Waals surface area contributed by atoms with Crippen LogP contribution in [0.25, 0.3) is 0 Å². The van der Waals surface area contributed by atoms with E-state index < -0.39 is 0 Å². The van der Waals surface area contributed by atoms with Crippen molar-refractivity contribution in [1.29, 1.82) is 0 Å². The van der Waals surface area contributed by atoms with E-state index >= 15 is 0 Å². The van der Waals surface area contributed by atoms with Crippen LogP contribution in [0.1, 0.15) is 58.3 Å². The third-order valence-electron chi connectivity index (χ3n) is 5.10. The van der Waals surface area contributed by atoms with Crippen LogP contribution < -0.4 is 0 Å². The topological polar surface area (TPSA) is 0 Å². The normalized spacial score (nSPS) is 39.4. The minimum Gasteiger partial charge on any atom is -0.103 e. The van der Waals surface area contributed by atoms with Crippen molar-refractivity contribution >= 4 is 0 Å². The Morgan fingerprint density at radius 3 is 1.65 bits per heavy atom. The molecule has 0 unspecified atom stereocenters. The Bertz CT molecular complexity index is 247. The number of hydrogen-bond acceptors (Lipinski definition) is 0. The lowest BCUT2D eigenvalue weighted by molar-refractivity contribution is 0.166. The highest BCUT2D eigenvalue weighted by molar-refractivity contribution is 4.91. The van der Waals surface area contributed by atoms with Gasteiger partial charge in [-0.05, 0) is 82.0 Å². The summed E-state index contributed by atoms with van der Waals surface area (Å²) < 4.78 is 0. The van der Waals surface area contributed by atoms with Gasteiger partial charge in [-0.25, -0.2) is 0 Å². The first-order valence-corrected chi connectivity index (χ1v) is 7.58. The fraction of sp³-hybridized carbons (Fsp3) is 0.765. The maximum absolute atomic E-state index is 3.94. The van der Waals surface area contributed by atoms with Gasteiger partial charge in [0.15, 0.2) is 0 Å². The molecule has 0 radical (unpaired) electrons. The molecular formula is C17H28. The Kier molecular flexibility index (Phi) is 4.88. The molecule has 96 valence electrons. The van der Waals surface area contributed by atoms with Crippen LogP contribution in [-0.4, -0.2) is 0 Å². The minimum atomic E-state index is 0.825. The first-order chi connectivity index (χ1) is 8.33. The van der Waals surface area contributed by atoms with Crippen LogP contribution in [0.5, 0.6) is 0 Å². The molecule has 0 nitrogen and oxygen atoms in total. The smallest absolute Gasteiger partial charge is 0.0233 e. The van der Waals surface area contributed by atoms with Crippen molar-refractivity contribution in [1.82, 2.24) is 0 Å². The highest BCUT2D eigenvalue weighted by atomic mass is 14.3. The molecule has 2 aliphatic rings. The molecule has 0 N–H and O–H groups in total. The zero-order chi connectivity index (χ0) is 12.1. The van der Waals surface area contributed by atoms with Crippen LogP contribution in [-0.2, 0) is 0 Å². The molecule has 17 heavy (non-hydrogen) atoms. The second-order valence-electron chi connectivity index (χ2n) is 6.11. The van der Waals surface area contributed by atoms with Crippen molar-refractivity contribution in [3.05, 3.63) is 24.8 Å². The van der Waals surface area contributed by atoms with E-state index in [1.54, 1.807) is 0 Å². The molecule has 0 aromatic heterocycles. The average Bonchev–Trinajstić information content (AvgIpc) is 2.40. The fourth-order valence-corrected chi connectivity index (χ4v) is 3.93. The molecule has 0 aromatic carbocycles. The largest absolute Gasteiger partial charge is 0.103 e. The predicted octanol–water partition coefficient (Wildman–Crippen LogP) is 5.36. The first-order valence-electron chi connectivity index (χ1n) is 7.58. The zero-order valence-corrected chi connectivity index (χ0v) is 11.4. The molecule has 0 saturated heterocycles. The minimum absolute atomic E-state index is 0.825. The summed E-state index contributed by atoms with van der Waals surface area (Å²) in [6, 6.07) is 0. The van der Waals surface area contributed by atoms with E-state index in [4.69, 9.17) is 0 Å². The van der Waals surface area contributed by atoms with Crippen molar-refractivity contribution in [2.24, 2.45) is 23.7 Å². The summed E-state index contributed by atoms with van der Waals surface area (Å²) in [7, 11) is 0. The van der Waals surface area contributed by atoms with E-state index in [1.165, 1.54) is 51.4 Å². The van der Waals surface area contributed by atoms with Crippen molar-refractivity contribution in [2.45, 2.75) is 58.3 Å². The monoisotopic (exact) mass is 232 g/mol. The first kappa shape index (κ1) is 12.9. The molecule has 0 heteroatoms. The van der Waals surface area contributed by atoms with E-state index in [0.717, 1.165) is 23.7 Å². The van der Waals surface area contributed by atoms with Gasteiger partial charge >= 0.3 is 0 Å². The maximum Gasteiger partial charge on any atom is -0.0233 e. The third kappa shape index (κ3) is 3.47. The Morgan fingerprint density at radius 1 is 0.765 bits per heavy atom. The summed E-state index contributed by atoms with van der Waals surface area (Å²) >= 11 is 0. The van der Waals surface area contributed by atoms with Crippen LogP contribution in [0.2, 0.25) is 0 Å². The molecule has 0 aromatic rings. The molecule has 2 fully saturated rings. The maximum atomic E-state index is 3.94. The van der Waals surface area contributed by atoms with Gasteiger partial charge in [0.05, 0.1) is 0 Å². The number of allylic oxidation sites excluding steroid dienone is 3. The van der Waals surface area contributed by atoms with Gasteiger partial charge in [0.25, 0.3) is 0 Å². The van der Waals surface area contributed by atoms with E-state index in [2.05, 4.69) is 31.7 Å². The van der Waals surface area contributed by atoms with Crippen molar-refractivity contribution in [2.75, 3.05) is 0 Å². The second-order valence-corrected chi connectivity index (χ2v) is 6.11. The highest BCUT2D eigenvalue weighted by Crippen LogP contribution is 2.41. The van der Waals surface area contributed by atoms with Crippen LogP contribution in [0, 0.1) is 23.7 Å². The Balaban J connectivity index is 1.76. The zero-order valence-electron chi connectivity index (χ0n) is 11.4. The predicted molar refractivity (Wildman–Crippen MR) is 75.9 cm³/mol. The van der Waals surface area contributed by atoms with E-state index in [9.17, 15) is 0 Å². The molecule has 0 heterocycles. The van der Waals surface area contributed by atoms with Crippen LogP contribution >= 0.6 is 0 Å². The summed E-state index contributed by atoms with van der Waals surface area (Å²) in [6.45, 7) is 6.10. The van der Waals surface area contributed by atoms with Gasteiger partial charge in [-0.15, -0.1) is 6.58 Å². The molecule has 2 saturated carbocycles. The lowest BCUT2D eigenvalue weighted by atomic mass is 9.69. The second kappa shape index (κ2) is 6.42. The van der Waals surface area contributed by atoms with Crippen molar-refractivity contribution in [3.8, 4) is 0 Å². The molecule has 0 spiro atoms. The Labute approximate surface area is 107 Å². The van der Waals surface area contributed by atoms with Gasteiger partial charge in [0.2, 0.25) is 0 Å². The van der Waals surface area contributed by atoms with Crippen LogP contribution in [0.3, 0.4) is 0 Å². The summed E-state index contributed by atoms with van der Waals surface area (Å²) in [6.07, 6.45) is 18.4. The van der Waals surface area contributed by atoms with Crippen LogP contribution in [0.15, 0.2) is 24.8 Å². The highest BCUT2D eigenvalue weighted by Gasteiger charge is 2.29. The Morgan fingerprint density at radius 2 is 1.24 bits per heavy atom. The summed E-state index contributed by atoms with van der Waals surface area (Å²) in [4.78, 5) is 0. The van der Waals surface area contributed by atoms with Gasteiger partial charge in [-0.3, -0.25) is 0 Å². The van der Waals surface area contributed by atoms with Crippen molar-refractivity contribution in [3.63, 3.8) is 0 Å². The molecule has 0 atom stereocenters. The Hall–Kier alpha value is -0.520. The molecule has 0 aliphatic heterocycles. The number of rotatable bonds is 3. The lowest BCUT2D eigenvalue weighted by Crippen LogP contribution is -2.25. The molecule has 0 bridgehead atoms. The fourth-order valence-electron chi connectivity index (χ4n) is 3.93. The van der Waals surface area contributed by atoms with E-state index in [1.807, 2.05) is 0 Å². The summed E-state index contributed by atoms with van der Waals surface area (Å²) in [5.74, 6) is 3.80. The summed E-state index contributed by atoms with van der Waals surface area (Å²) in [5.41, 5.74) is 0. The standard InChI is InChI=1S/C17H28/c1-3-5-15-8-12-17(13-9-15)16-10-6-14(4-2)7-11-16/h3-5,14-17H,2,6-13H2,1H3/b5-3-. The molecular weight excluding hydrogens is 204 g/mol. The molecule has 2 rings (SSSR count). The SMILES string of the molecule is C=CC1CCC(C2CCC(/C=C\C)CC2)CC1. The average molecular weight is 232 g/mol. The van der Waals surface area contributed by atoms with Crippen molar-refractivity contribution < 1.29 is 0 Å². The van der Waals surface area contributed by atoms with Gasteiger partial charge < -0.3 is 0 Å². The molecule has 0 amide bonds. The van der Waals surface area contributed by atoms with E-state index in [0.29, 0.717) is 0 Å². The summed E-state index contributed by atoms with van der Waals surface area (Å²) in [5, 5.41) is 0.